The lowest BCUT2D eigenvalue weighted by atomic mass is 10.5. The van der Waals surface area contributed by atoms with Gasteiger partial charge >= 0.3 is 0 Å². The summed E-state index contributed by atoms with van der Waals surface area (Å²) in [6, 6.07) is 0. The Morgan fingerprint density at radius 2 is 2.69 bits per heavy atom. The van der Waals surface area contributed by atoms with Gasteiger partial charge in [0.1, 0.15) is 5.03 Å². The minimum atomic E-state index is 0.175. The lowest BCUT2D eigenvalue weighted by Crippen LogP contribution is -2.22. The van der Waals surface area contributed by atoms with E-state index in [9.17, 15) is 4.79 Å². The number of thioether (sulfide) groups is 2. The Kier molecular flexibility index (Phi) is 2.59. The zero-order chi connectivity index (χ0) is 9.26. The Morgan fingerprint density at radius 1 is 1.85 bits per heavy atom. The highest BCUT2D eigenvalue weighted by atomic mass is 32.2. The highest BCUT2D eigenvalue weighted by Crippen LogP contribution is 2.29. The average Bonchev–Trinajstić information content (AvgIpc) is 2.49. The summed E-state index contributed by atoms with van der Waals surface area (Å²) in [5, 5.41) is 9.37. The van der Waals surface area contributed by atoms with E-state index in [2.05, 4.69) is 10.3 Å². The van der Waals surface area contributed by atoms with Gasteiger partial charge in [0, 0.05) is 17.9 Å². The molecule has 0 aromatic carbocycles. The van der Waals surface area contributed by atoms with Crippen LogP contribution in [-0.4, -0.2) is 31.1 Å². The predicted octanol–water partition coefficient (Wildman–Crippen LogP) is 1.03. The highest BCUT2D eigenvalue weighted by Gasteiger charge is 2.21. The van der Waals surface area contributed by atoms with Crippen molar-refractivity contribution < 1.29 is 4.79 Å². The van der Waals surface area contributed by atoms with Crippen LogP contribution in [0.15, 0.2) is 11.2 Å². The minimum absolute atomic E-state index is 0.175. The largest absolute Gasteiger partial charge is 0.288 e. The molecule has 4 nitrogen and oxygen atoms in total. The monoisotopic (exact) mass is 215 g/mol. The van der Waals surface area contributed by atoms with E-state index in [0.29, 0.717) is 5.25 Å². The lowest BCUT2D eigenvalue weighted by Gasteiger charge is -2.20. The van der Waals surface area contributed by atoms with Crippen LogP contribution in [0.25, 0.3) is 0 Å². The van der Waals surface area contributed by atoms with Gasteiger partial charge in [-0.1, -0.05) is 17.0 Å². The molecule has 0 aliphatic carbocycles. The fraction of sp³-hybridized carbons (Fsp3) is 0.571. The molecule has 1 aliphatic rings. The van der Waals surface area contributed by atoms with Crippen molar-refractivity contribution in [2.24, 2.45) is 0 Å². The van der Waals surface area contributed by atoms with Crippen molar-refractivity contribution in [3.05, 3.63) is 6.20 Å². The van der Waals surface area contributed by atoms with Crippen LogP contribution >= 0.6 is 23.5 Å². The number of fused-ring (bicyclic) bond motifs is 1. The second-order valence-corrected chi connectivity index (χ2v) is 5.31. The number of rotatable bonds is 1. The summed E-state index contributed by atoms with van der Waals surface area (Å²) >= 11 is 3.10. The van der Waals surface area contributed by atoms with Crippen LogP contribution in [0.2, 0.25) is 0 Å². The highest BCUT2D eigenvalue weighted by molar-refractivity contribution is 8.14. The normalized spacial score (nSPS) is 21.2. The Labute approximate surface area is 84.5 Å². The summed E-state index contributed by atoms with van der Waals surface area (Å²) < 4.78 is 1.86. The molecule has 0 fully saturated rings. The Balaban J connectivity index is 2.04. The number of carbonyl (C=O) groups is 1. The van der Waals surface area contributed by atoms with Crippen molar-refractivity contribution in [1.29, 1.82) is 0 Å². The smallest absolute Gasteiger partial charge is 0.186 e. The summed E-state index contributed by atoms with van der Waals surface area (Å²) in [6.07, 6.45) is 1.76. The molecule has 0 radical (unpaired) electrons. The van der Waals surface area contributed by atoms with E-state index < -0.39 is 0 Å². The van der Waals surface area contributed by atoms with Gasteiger partial charge in [0.25, 0.3) is 0 Å². The lowest BCUT2D eigenvalue weighted by molar-refractivity contribution is -0.109. The maximum absolute atomic E-state index is 10.9. The standard InChI is InChI=1S/C7H9N3OS2/c1-5(11)13-6-3-10-7(12-4-6)2-8-9-10/h2,6H,3-4H2,1H3. The zero-order valence-electron chi connectivity index (χ0n) is 7.14. The Bertz CT molecular complexity index is 325. The van der Waals surface area contributed by atoms with Crippen molar-refractivity contribution in [3.8, 4) is 0 Å². The molecule has 6 heteroatoms. The second-order valence-electron chi connectivity index (χ2n) is 2.80. The van der Waals surface area contributed by atoms with Gasteiger partial charge in [-0.15, -0.1) is 16.9 Å². The van der Waals surface area contributed by atoms with Crippen LogP contribution in [0, 0.1) is 0 Å². The Hall–Kier alpha value is -0.490. The minimum Gasteiger partial charge on any atom is -0.288 e. The molecule has 2 heterocycles. The van der Waals surface area contributed by atoms with E-state index in [-0.39, 0.29) is 5.12 Å². The SMILES string of the molecule is CC(=O)SC1CSc2cnnn2C1. The first-order chi connectivity index (χ1) is 6.25. The maximum Gasteiger partial charge on any atom is 0.186 e. The van der Waals surface area contributed by atoms with E-state index in [0.717, 1.165) is 17.3 Å². The summed E-state index contributed by atoms with van der Waals surface area (Å²) in [5.41, 5.74) is 0. The number of hydrogen-bond acceptors (Lipinski definition) is 5. The molecular formula is C7H9N3OS2. The fourth-order valence-corrected chi connectivity index (χ4v) is 3.22. The molecule has 0 spiro atoms. The van der Waals surface area contributed by atoms with Crippen LogP contribution < -0.4 is 0 Å². The topological polar surface area (TPSA) is 47.8 Å². The van der Waals surface area contributed by atoms with Gasteiger partial charge < -0.3 is 0 Å². The summed E-state index contributed by atoms with van der Waals surface area (Å²) in [4.78, 5) is 10.9. The van der Waals surface area contributed by atoms with Crippen molar-refractivity contribution >= 4 is 28.6 Å². The molecule has 1 unspecified atom stereocenters. The number of nitrogens with zero attached hydrogens (tertiary/aromatic N) is 3. The molecule has 13 heavy (non-hydrogen) atoms. The molecule has 70 valence electrons. The van der Waals surface area contributed by atoms with E-state index in [1.165, 1.54) is 11.8 Å². The molecule has 1 aromatic heterocycles. The fourth-order valence-electron chi connectivity index (χ4n) is 1.22. The van der Waals surface area contributed by atoms with Gasteiger partial charge in [-0.3, -0.25) is 4.79 Å². The van der Waals surface area contributed by atoms with Crippen LogP contribution in [0.4, 0.5) is 0 Å². The third-order valence-corrected chi connectivity index (χ3v) is 4.08. The molecule has 0 bridgehead atoms. The van der Waals surface area contributed by atoms with Crippen LogP contribution in [-0.2, 0) is 11.3 Å². The maximum atomic E-state index is 10.9. The van der Waals surface area contributed by atoms with Gasteiger partial charge in [0.2, 0.25) is 0 Å². The number of carbonyl (C=O) groups excluding carboxylic acids is 1. The van der Waals surface area contributed by atoms with E-state index in [1.54, 1.807) is 24.9 Å². The molecule has 1 atom stereocenters. The number of aromatic nitrogens is 3. The first-order valence-corrected chi connectivity index (χ1v) is 5.81. The Morgan fingerprint density at radius 3 is 3.46 bits per heavy atom. The summed E-state index contributed by atoms with van der Waals surface area (Å²) in [7, 11) is 0. The van der Waals surface area contributed by atoms with Gasteiger partial charge in [-0.05, 0) is 0 Å². The number of hydrogen-bond donors (Lipinski definition) is 0. The quantitative estimate of drug-likeness (QED) is 0.700. The molecule has 1 aromatic rings. The molecule has 0 saturated heterocycles. The van der Waals surface area contributed by atoms with Gasteiger partial charge in [-0.2, -0.15) is 0 Å². The molecular weight excluding hydrogens is 206 g/mol. The van der Waals surface area contributed by atoms with Gasteiger partial charge in [-0.25, -0.2) is 4.68 Å². The molecule has 0 amide bonds. The first-order valence-electron chi connectivity index (χ1n) is 3.94. The van der Waals surface area contributed by atoms with Crippen LogP contribution in [0.5, 0.6) is 0 Å². The van der Waals surface area contributed by atoms with E-state index >= 15 is 0 Å². The molecule has 1 aliphatic heterocycles. The van der Waals surface area contributed by atoms with Gasteiger partial charge in [0.15, 0.2) is 5.12 Å². The van der Waals surface area contributed by atoms with Crippen molar-refractivity contribution in [3.63, 3.8) is 0 Å². The zero-order valence-corrected chi connectivity index (χ0v) is 8.77. The van der Waals surface area contributed by atoms with Crippen LogP contribution in [0.1, 0.15) is 6.92 Å². The van der Waals surface area contributed by atoms with Crippen molar-refractivity contribution in [2.45, 2.75) is 23.7 Å². The third kappa shape index (κ3) is 2.05. The van der Waals surface area contributed by atoms with Crippen molar-refractivity contribution in [2.75, 3.05) is 5.75 Å². The van der Waals surface area contributed by atoms with E-state index in [4.69, 9.17) is 0 Å². The predicted molar refractivity (Wildman–Crippen MR) is 52.8 cm³/mol. The molecule has 0 N–H and O–H groups in total. The van der Waals surface area contributed by atoms with Gasteiger partial charge in [0.05, 0.1) is 12.7 Å². The summed E-state index contributed by atoms with van der Waals surface area (Å²) in [5.74, 6) is 0.970. The molecule has 2 rings (SSSR count). The van der Waals surface area contributed by atoms with Crippen molar-refractivity contribution in [1.82, 2.24) is 15.0 Å². The first kappa shape index (κ1) is 9.08. The van der Waals surface area contributed by atoms with E-state index in [1.807, 2.05) is 4.68 Å². The second kappa shape index (κ2) is 3.71. The molecule has 0 saturated carbocycles. The average molecular weight is 215 g/mol. The summed E-state index contributed by atoms with van der Waals surface area (Å²) in [6.45, 7) is 2.40. The third-order valence-electron chi connectivity index (χ3n) is 1.71. The van der Waals surface area contributed by atoms with Crippen LogP contribution in [0.3, 0.4) is 0 Å².